The first-order valence-electron chi connectivity index (χ1n) is 6.61. The van der Waals surface area contributed by atoms with Gasteiger partial charge in [0, 0.05) is 24.9 Å². The Morgan fingerprint density at radius 1 is 1.39 bits per heavy atom. The molecule has 2 aliphatic rings. The fourth-order valence-corrected chi connectivity index (χ4v) is 3.61. The number of hydrogen-bond acceptors (Lipinski definition) is 4. The van der Waals surface area contributed by atoms with Crippen LogP contribution in [0.4, 0.5) is 0 Å². The van der Waals surface area contributed by atoms with E-state index in [1.165, 1.54) is 6.26 Å². The van der Waals surface area contributed by atoms with E-state index in [1.54, 1.807) is 4.90 Å². The highest BCUT2D eigenvalue weighted by Gasteiger charge is 2.35. The van der Waals surface area contributed by atoms with Crippen LogP contribution in [0.15, 0.2) is 0 Å². The number of carbonyl (C=O) groups excluding carboxylic acids is 1. The predicted octanol–water partition coefficient (Wildman–Crippen LogP) is 0.163. The van der Waals surface area contributed by atoms with Crippen LogP contribution in [0.2, 0.25) is 0 Å². The minimum Gasteiger partial charge on any atom is -0.338 e. The highest BCUT2D eigenvalue weighted by Crippen LogP contribution is 2.23. The number of sulfone groups is 1. The molecule has 2 atom stereocenters. The molecule has 0 aromatic heterocycles. The zero-order valence-electron chi connectivity index (χ0n) is 11.1. The number of likely N-dealkylation sites (tertiary alicyclic amines) is 1. The van der Waals surface area contributed by atoms with Crippen LogP contribution in [0.1, 0.15) is 32.6 Å². The van der Waals surface area contributed by atoms with Crippen LogP contribution in [0.3, 0.4) is 0 Å². The third-order valence-corrected chi connectivity index (χ3v) is 4.65. The molecule has 1 aliphatic carbocycles. The van der Waals surface area contributed by atoms with Crippen molar-refractivity contribution in [3.8, 4) is 0 Å². The molecule has 2 rings (SSSR count). The molecular weight excluding hydrogens is 252 g/mol. The first-order valence-corrected chi connectivity index (χ1v) is 8.67. The summed E-state index contributed by atoms with van der Waals surface area (Å²) >= 11 is 0. The van der Waals surface area contributed by atoms with Crippen LogP contribution in [0.5, 0.6) is 0 Å². The molecule has 1 aliphatic heterocycles. The van der Waals surface area contributed by atoms with Gasteiger partial charge in [-0.05, 0) is 32.6 Å². The van der Waals surface area contributed by atoms with Gasteiger partial charge in [-0.15, -0.1) is 0 Å². The maximum Gasteiger partial charge on any atom is 0.239 e. The van der Waals surface area contributed by atoms with Gasteiger partial charge in [-0.2, -0.15) is 0 Å². The van der Waals surface area contributed by atoms with Crippen molar-refractivity contribution >= 4 is 15.7 Å². The van der Waals surface area contributed by atoms with E-state index >= 15 is 0 Å². The second-order valence-corrected chi connectivity index (χ2v) is 7.79. The third kappa shape index (κ3) is 3.68. The lowest BCUT2D eigenvalue weighted by atomic mass is 10.0. The molecule has 5 nitrogen and oxygen atoms in total. The van der Waals surface area contributed by atoms with E-state index in [0.29, 0.717) is 12.6 Å². The number of hydrogen-bond donors (Lipinski definition) is 1. The monoisotopic (exact) mass is 274 g/mol. The van der Waals surface area contributed by atoms with Crippen LogP contribution < -0.4 is 5.32 Å². The average Bonchev–Trinajstić information content (AvgIpc) is 3.02. The van der Waals surface area contributed by atoms with Crippen molar-refractivity contribution in [1.82, 2.24) is 10.2 Å². The smallest absolute Gasteiger partial charge is 0.239 e. The maximum absolute atomic E-state index is 12.3. The Hall–Kier alpha value is -0.620. The standard InChI is InChI=1S/C12H22N2O3S/c1-9(8-18(2,16)17)14-7-3-4-11(12(14)15)13-10-5-6-10/h9-11,13H,3-8H2,1-2H3. The molecule has 0 spiro atoms. The largest absolute Gasteiger partial charge is 0.338 e. The number of carbonyl (C=O) groups is 1. The molecule has 0 bridgehead atoms. The van der Waals surface area contributed by atoms with E-state index < -0.39 is 9.84 Å². The topological polar surface area (TPSA) is 66.5 Å². The van der Waals surface area contributed by atoms with Crippen LogP contribution in [0.25, 0.3) is 0 Å². The maximum atomic E-state index is 12.3. The van der Waals surface area contributed by atoms with E-state index in [-0.39, 0.29) is 23.7 Å². The lowest BCUT2D eigenvalue weighted by molar-refractivity contribution is -0.137. The van der Waals surface area contributed by atoms with Crippen molar-refractivity contribution in [3.63, 3.8) is 0 Å². The van der Waals surface area contributed by atoms with Gasteiger partial charge in [-0.3, -0.25) is 4.79 Å². The molecular formula is C12H22N2O3S. The van der Waals surface area contributed by atoms with E-state index in [1.807, 2.05) is 6.92 Å². The normalized spacial score (nSPS) is 27.3. The fourth-order valence-electron chi connectivity index (χ4n) is 2.55. The number of rotatable bonds is 5. The minimum absolute atomic E-state index is 0.0505. The molecule has 0 aromatic carbocycles. The molecule has 0 radical (unpaired) electrons. The lowest BCUT2D eigenvalue weighted by Crippen LogP contribution is -2.55. The van der Waals surface area contributed by atoms with Crippen molar-refractivity contribution in [2.24, 2.45) is 0 Å². The first-order chi connectivity index (χ1) is 8.37. The van der Waals surface area contributed by atoms with Crippen molar-refractivity contribution in [1.29, 1.82) is 0 Å². The quantitative estimate of drug-likeness (QED) is 0.776. The summed E-state index contributed by atoms with van der Waals surface area (Å²) in [5, 5.41) is 3.35. The molecule has 2 unspecified atom stereocenters. The second-order valence-electron chi connectivity index (χ2n) is 5.61. The Balaban J connectivity index is 1.96. The number of piperidine rings is 1. The third-order valence-electron chi connectivity index (χ3n) is 3.56. The summed E-state index contributed by atoms with van der Waals surface area (Å²) in [4.78, 5) is 14.0. The highest BCUT2D eigenvalue weighted by atomic mass is 32.2. The van der Waals surface area contributed by atoms with E-state index in [9.17, 15) is 13.2 Å². The van der Waals surface area contributed by atoms with Crippen molar-refractivity contribution in [3.05, 3.63) is 0 Å². The van der Waals surface area contributed by atoms with Crippen LogP contribution in [-0.4, -0.2) is 55.9 Å². The predicted molar refractivity (Wildman–Crippen MR) is 70.1 cm³/mol. The molecule has 1 heterocycles. The zero-order chi connectivity index (χ0) is 13.3. The number of nitrogens with one attached hydrogen (secondary N) is 1. The van der Waals surface area contributed by atoms with Gasteiger partial charge in [0.05, 0.1) is 11.8 Å². The van der Waals surface area contributed by atoms with Gasteiger partial charge in [0.25, 0.3) is 0 Å². The van der Waals surface area contributed by atoms with Gasteiger partial charge in [-0.25, -0.2) is 8.42 Å². The molecule has 0 aromatic rings. The zero-order valence-corrected chi connectivity index (χ0v) is 11.9. The van der Waals surface area contributed by atoms with Crippen LogP contribution in [0, 0.1) is 0 Å². The molecule has 1 saturated carbocycles. The summed E-state index contributed by atoms with van der Waals surface area (Å²) in [6, 6.07) is 0.175. The molecule has 1 amide bonds. The summed E-state index contributed by atoms with van der Waals surface area (Å²) in [5.41, 5.74) is 0. The molecule has 1 saturated heterocycles. The molecule has 6 heteroatoms. The Bertz CT molecular complexity index is 417. The van der Waals surface area contributed by atoms with Gasteiger partial charge < -0.3 is 10.2 Å². The number of amides is 1. The highest BCUT2D eigenvalue weighted by molar-refractivity contribution is 7.90. The van der Waals surface area contributed by atoms with Crippen molar-refractivity contribution in [2.75, 3.05) is 18.6 Å². The summed E-state index contributed by atoms with van der Waals surface area (Å²) in [5.74, 6) is 0.124. The summed E-state index contributed by atoms with van der Waals surface area (Å²) in [6.07, 6.45) is 5.35. The SMILES string of the molecule is CC(CS(C)(=O)=O)N1CCCC(NC2CC2)C1=O. The van der Waals surface area contributed by atoms with Gasteiger partial charge >= 0.3 is 0 Å². The Morgan fingerprint density at radius 2 is 2.06 bits per heavy atom. The van der Waals surface area contributed by atoms with E-state index in [2.05, 4.69) is 5.32 Å². The molecule has 2 fully saturated rings. The Morgan fingerprint density at radius 3 is 2.61 bits per heavy atom. The van der Waals surface area contributed by atoms with Crippen LogP contribution >= 0.6 is 0 Å². The van der Waals surface area contributed by atoms with Crippen molar-refractivity contribution in [2.45, 2.75) is 50.7 Å². The average molecular weight is 274 g/mol. The Labute approximate surface area is 109 Å². The molecule has 1 N–H and O–H groups in total. The van der Waals surface area contributed by atoms with Gasteiger partial charge in [-0.1, -0.05) is 0 Å². The summed E-state index contributed by atoms with van der Waals surface area (Å²) in [6.45, 7) is 2.50. The van der Waals surface area contributed by atoms with Gasteiger partial charge in [0.1, 0.15) is 9.84 Å². The summed E-state index contributed by atoms with van der Waals surface area (Å²) in [7, 11) is -3.04. The van der Waals surface area contributed by atoms with Crippen LogP contribution in [-0.2, 0) is 14.6 Å². The van der Waals surface area contributed by atoms with E-state index in [0.717, 1.165) is 25.7 Å². The number of nitrogens with zero attached hydrogens (tertiary/aromatic N) is 1. The minimum atomic E-state index is -3.04. The van der Waals surface area contributed by atoms with Gasteiger partial charge in [0.2, 0.25) is 5.91 Å². The summed E-state index contributed by atoms with van der Waals surface area (Å²) < 4.78 is 22.6. The fraction of sp³-hybridized carbons (Fsp3) is 0.917. The Kier molecular flexibility index (Phi) is 3.96. The second kappa shape index (κ2) is 5.17. The molecule has 18 heavy (non-hydrogen) atoms. The van der Waals surface area contributed by atoms with E-state index in [4.69, 9.17) is 0 Å². The van der Waals surface area contributed by atoms with Gasteiger partial charge in [0.15, 0.2) is 0 Å². The molecule has 104 valence electrons. The first kappa shape index (κ1) is 13.8. The lowest BCUT2D eigenvalue weighted by Gasteiger charge is -2.36. The van der Waals surface area contributed by atoms with Crippen molar-refractivity contribution < 1.29 is 13.2 Å².